The Morgan fingerprint density at radius 3 is 2.53 bits per heavy atom. The maximum absolute atomic E-state index is 13.5. The second-order valence-electron chi connectivity index (χ2n) is 8.67. The number of rotatable bonds is 7. The predicted molar refractivity (Wildman–Crippen MR) is 146 cm³/mol. The van der Waals surface area contributed by atoms with Crippen molar-refractivity contribution in [3.63, 3.8) is 0 Å². The number of benzene rings is 3. The zero-order chi connectivity index (χ0) is 25.1. The smallest absolute Gasteiger partial charge is 0.259 e. The van der Waals surface area contributed by atoms with Gasteiger partial charge in [0.2, 0.25) is 5.91 Å². The van der Waals surface area contributed by atoms with Gasteiger partial charge in [0.1, 0.15) is 11.9 Å². The first-order valence-electron chi connectivity index (χ1n) is 11.8. The van der Waals surface area contributed by atoms with E-state index in [1.54, 1.807) is 4.90 Å². The zero-order valence-corrected chi connectivity index (χ0v) is 21.3. The van der Waals surface area contributed by atoms with Gasteiger partial charge < -0.3 is 5.32 Å². The van der Waals surface area contributed by atoms with Gasteiger partial charge in [0, 0.05) is 23.6 Å². The molecule has 0 bridgehead atoms. The molecule has 36 heavy (non-hydrogen) atoms. The van der Waals surface area contributed by atoms with Crippen LogP contribution in [0.4, 0.5) is 5.69 Å². The Morgan fingerprint density at radius 2 is 1.75 bits per heavy atom. The summed E-state index contributed by atoms with van der Waals surface area (Å²) in [5.41, 5.74) is 3.72. The van der Waals surface area contributed by atoms with Gasteiger partial charge in [0.15, 0.2) is 5.17 Å². The normalized spacial score (nSPS) is 17.1. The molecule has 2 aliphatic heterocycles. The first kappa shape index (κ1) is 24.3. The number of amidine groups is 2. The summed E-state index contributed by atoms with van der Waals surface area (Å²) in [6.07, 6.45) is 1.22. The summed E-state index contributed by atoms with van der Waals surface area (Å²) in [5, 5.41) is 3.71. The Labute approximate surface area is 219 Å². The lowest BCUT2D eigenvalue weighted by Gasteiger charge is -2.27. The van der Waals surface area contributed by atoms with Gasteiger partial charge in [0.05, 0.1) is 10.9 Å². The van der Waals surface area contributed by atoms with E-state index in [0.717, 1.165) is 22.4 Å². The van der Waals surface area contributed by atoms with Crippen molar-refractivity contribution in [3.05, 3.63) is 101 Å². The number of fused-ring (bicyclic) bond motifs is 3. The molecule has 0 aromatic heterocycles. The summed E-state index contributed by atoms with van der Waals surface area (Å²) >= 11 is 7.21. The number of nitrogens with zero attached hydrogens (tertiary/aromatic N) is 3. The molecule has 5 rings (SSSR count). The number of para-hydroxylation sites is 1. The van der Waals surface area contributed by atoms with Crippen molar-refractivity contribution in [1.29, 1.82) is 0 Å². The van der Waals surface area contributed by atoms with Gasteiger partial charge >= 0.3 is 0 Å². The first-order valence-corrected chi connectivity index (χ1v) is 13.1. The second kappa shape index (κ2) is 10.7. The highest BCUT2D eigenvalue weighted by molar-refractivity contribution is 8.15. The van der Waals surface area contributed by atoms with Crippen LogP contribution in [0.2, 0.25) is 5.02 Å². The van der Waals surface area contributed by atoms with Crippen molar-refractivity contribution >= 4 is 51.9 Å². The number of hydrogen-bond acceptors (Lipinski definition) is 5. The van der Waals surface area contributed by atoms with Crippen LogP contribution in [0.25, 0.3) is 0 Å². The average Bonchev–Trinajstić information content (AvgIpc) is 3.22. The van der Waals surface area contributed by atoms with Crippen LogP contribution in [0.1, 0.15) is 23.6 Å². The van der Waals surface area contributed by atoms with Gasteiger partial charge in [-0.1, -0.05) is 78.0 Å². The molecular weight excluding hydrogens is 492 g/mol. The number of carbonyl (C=O) groups excluding carboxylic acids is 2. The molecule has 3 aromatic carbocycles. The van der Waals surface area contributed by atoms with Crippen LogP contribution < -0.4 is 5.32 Å². The van der Waals surface area contributed by atoms with E-state index < -0.39 is 11.3 Å². The highest BCUT2D eigenvalue weighted by Gasteiger charge is 2.42. The number of nitrogens with one attached hydrogen (secondary N) is 1. The van der Waals surface area contributed by atoms with Crippen LogP contribution in [-0.4, -0.2) is 45.6 Å². The van der Waals surface area contributed by atoms with Crippen molar-refractivity contribution in [2.45, 2.75) is 31.1 Å². The fraction of sp³-hybridized carbons (Fsp3) is 0.214. The van der Waals surface area contributed by atoms with E-state index in [-0.39, 0.29) is 11.8 Å². The molecule has 0 fully saturated rings. The quantitative estimate of drug-likeness (QED) is 0.479. The van der Waals surface area contributed by atoms with Crippen molar-refractivity contribution < 1.29 is 9.59 Å². The lowest BCUT2D eigenvalue weighted by molar-refractivity contribution is -0.124. The third-order valence-electron chi connectivity index (χ3n) is 6.10. The fourth-order valence-electron chi connectivity index (χ4n) is 4.19. The van der Waals surface area contributed by atoms with Gasteiger partial charge in [-0.25, -0.2) is 9.89 Å². The Morgan fingerprint density at radius 1 is 1.03 bits per heavy atom. The van der Waals surface area contributed by atoms with Crippen molar-refractivity contribution in [3.8, 4) is 0 Å². The molecule has 2 heterocycles. The topological polar surface area (TPSA) is 74.1 Å². The summed E-state index contributed by atoms with van der Waals surface area (Å²) in [4.78, 5) is 37.5. The maximum Gasteiger partial charge on any atom is 0.259 e. The summed E-state index contributed by atoms with van der Waals surface area (Å²) < 4.78 is 0. The molecule has 2 atom stereocenters. The lowest BCUT2D eigenvalue weighted by Crippen LogP contribution is -2.43. The van der Waals surface area contributed by atoms with E-state index in [1.807, 2.05) is 85.8 Å². The van der Waals surface area contributed by atoms with Crippen LogP contribution >= 0.6 is 23.4 Å². The molecule has 3 aromatic rings. The number of amides is 2. The van der Waals surface area contributed by atoms with Gasteiger partial charge in [-0.3, -0.25) is 14.6 Å². The lowest BCUT2D eigenvalue weighted by atomic mass is 10.1. The maximum atomic E-state index is 13.5. The van der Waals surface area contributed by atoms with Gasteiger partial charge in [-0.15, -0.1) is 0 Å². The number of thioether (sulfide) groups is 1. The highest BCUT2D eigenvalue weighted by Crippen LogP contribution is 2.35. The third kappa shape index (κ3) is 5.22. The van der Waals surface area contributed by atoms with E-state index in [4.69, 9.17) is 21.6 Å². The largest absolute Gasteiger partial charge is 0.355 e. The molecule has 0 spiro atoms. The Hall–Kier alpha value is -3.42. The highest BCUT2D eigenvalue weighted by atomic mass is 35.5. The number of hydrogen-bond donors (Lipinski definition) is 1. The number of aliphatic imine (C=N–C) groups is 2. The molecule has 0 unspecified atom stereocenters. The minimum absolute atomic E-state index is 0.110. The Balaban J connectivity index is 1.30. The van der Waals surface area contributed by atoms with Crippen molar-refractivity contribution in [2.24, 2.45) is 9.98 Å². The third-order valence-corrected chi connectivity index (χ3v) is 7.40. The van der Waals surface area contributed by atoms with Crippen LogP contribution in [0.3, 0.4) is 0 Å². The summed E-state index contributed by atoms with van der Waals surface area (Å²) in [6.45, 7) is 2.33. The number of halogens is 1. The average molecular weight is 517 g/mol. The molecular formula is C28H25ClN4O2S. The van der Waals surface area contributed by atoms with E-state index in [9.17, 15) is 9.59 Å². The van der Waals surface area contributed by atoms with E-state index in [2.05, 4.69) is 5.32 Å². The SMILES string of the molecule is C[C@@H](SC1=Nc2ccccc2C2=N[C@H](Cc3ccccc3)C(=O)N12)C(=O)NCCc1ccc(Cl)cc1. The second-order valence-corrected chi connectivity index (χ2v) is 10.4. The van der Waals surface area contributed by atoms with Crippen LogP contribution in [0.5, 0.6) is 0 Å². The Kier molecular flexibility index (Phi) is 7.20. The monoisotopic (exact) mass is 516 g/mol. The minimum atomic E-state index is -0.525. The van der Waals surface area contributed by atoms with Gasteiger partial charge in [-0.05, 0) is 48.7 Å². The molecule has 6 nitrogen and oxygen atoms in total. The van der Waals surface area contributed by atoms with E-state index >= 15 is 0 Å². The number of carbonyl (C=O) groups is 2. The molecule has 0 saturated heterocycles. The predicted octanol–water partition coefficient (Wildman–Crippen LogP) is 5.02. The van der Waals surface area contributed by atoms with Crippen molar-refractivity contribution in [2.75, 3.05) is 6.54 Å². The van der Waals surface area contributed by atoms with Gasteiger partial charge in [0.25, 0.3) is 5.91 Å². The Bertz CT molecular complexity index is 1340. The van der Waals surface area contributed by atoms with Crippen LogP contribution in [0, 0.1) is 0 Å². The summed E-state index contributed by atoms with van der Waals surface area (Å²) in [6, 6.07) is 24.6. The van der Waals surface area contributed by atoms with Crippen LogP contribution in [0.15, 0.2) is 88.8 Å². The van der Waals surface area contributed by atoms with E-state index in [0.29, 0.717) is 35.4 Å². The molecule has 1 N–H and O–H groups in total. The van der Waals surface area contributed by atoms with Crippen molar-refractivity contribution in [1.82, 2.24) is 10.2 Å². The van der Waals surface area contributed by atoms with Crippen LogP contribution in [-0.2, 0) is 22.4 Å². The zero-order valence-electron chi connectivity index (χ0n) is 19.7. The van der Waals surface area contributed by atoms with Gasteiger partial charge in [-0.2, -0.15) is 0 Å². The molecule has 2 amide bonds. The molecule has 0 aliphatic carbocycles. The fourth-order valence-corrected chi connectivity index (χ4v) is 5.25. The van der Waals surface area contributed by atoms with E-state index in [1.165, 1.54) is 11.8 Å². The molecule has 0 radical (unpaired) electrons. The summed E-state index contributed by atoms with van der Waals surface area (Å²) in [5.74, 6) is 0.371. The first-order chi connectivity index (χ1) is 17.5. The molecule has 2 aliphatic rings. The molecule has 8 heteroatoms. The minimum Gasteiger partial charge on any atom is -0.355 e. The summed E-state index contributed by atoms with van der Waals surface area (Å²) in [7, 11) is 0. The molecule has 0 saturated carbocycles. The molecule has 182 valence electrons. The standard InChI is InChI=1S/C28H25ClN4O2S/c1-18(26(34)30-16-15-19-11-13-21(29)14-12-19)36-28-32-23-10-6-5-9-22(23)25-31-24(27(35)33(25)28)17-20-7-3-2-4-8-20/h2-14,18,24H,15-17H2,1H3,(H,30,34)/t18-,24-/m1/s1.